The molecule has 8 N–H and O–H groups in total. The summed E-state index contributed by atoms with van der Waals surface area (Å²) in [5.74, 6) is 4.90. The van der Waals surface area contributed by atoms with E-state index in [9.17, 15) is 39.0 Å². The highest BCUT2D eigenvalue weighted by atomic mass is 16.5. The fourth-order valence-corrected chi connectivity index (χ4v) is 13.3. The van der Waals surface area contributed by atoms with Crippen LogP contribution in [0, 0.1) is 0 Å². The lowest BCUT2D eigenvalue weighted by Gasteiger charge is -2.36. The first-order valence-electron chi connectivity index (χ1n) is 37.9. The smallest absolute Gasteiger partial charge is 0.372 e. The first-order valence-corrected chi connectivity index (χ1v) is 37.9. The van der Waals surface area contributed by atoms with E-state index in [-0.39, 0.29) is 67.8 Å². The Hall–Kier alpha value is -14.4. The van der Waals surface area contributed by atoms with Crippen molar-refractivity contribution in [1.82, 2.24) is 29.8 Å². The Bertz CT molecular complexity index is 5270. The molecule has 9 aromatic rings. The Morgan fingerprint density at radius 3 is 1.44 bits per heavy atom. The van der Waals surface area contributed by atoms with E-state index in [4.69, 9.17) is 28.4 Å². The van der Waals surface area contributed by atoms with Crippen LogP contribution in [-0.2, 0) is 41.1 Å². The number of methoxy groups -OCH3 is 6. The maximum absolute atomic E-state index is 13.8. The molecule has 0 spiro atoms. The maximum atomic E-state index is 13.8. The van der Waals surface area contributed by atoms with E-state index in [0.717, 1.165) is 42.7 Å². The number of para-hydroxylation sites is 4. The van der Waals surface area contributed by atoms with Gasteiger partial charge in [0.05, 0.1) is 146 Å². The van der Waals surface area contributed by atoms with Crippen molar-refractivity contribution in [2.24, 2.45) is 7.05 Å². The van der Waals surface area contributed by atoms with Crippen LogP contribution in [0.4, 0.5) is 101 Å². The molecule has 33 nitrogen and oxygen atoms in total. The predicted octanol–water partition coefficient (Wildman–Crippen LogP) is 12.4. The highest BCUT2D eigenvalue weighted by Crippen LogP contribution is 2.41. The van der Waals surface area contributed by atoms with Crippen molar-refractivity contribution >= 4 is 128 Å². The van der Waals surface area contributed by atoms with E-state index in [1.807, 2.05) is 48.0 Å². The fraction of sp³-hybridized carbons (Fsp3) is 0.256. The molecule has 1 atom stereocenters. The number of aliphatic hydroxyl groups is 2. The molecule has 0 aliphatic carbocycles. The lowest BCUT2D eigenvalue weighted by Crippen LogP contribution is -2.54. The third-order valence-electron chi connectivity index (χ3n) is 19.7. The third-order valence-corrected chi connectivity index (χ3v) is 19.7. The number of ether oxygens (including phenoxy) is 6. The molecule has 6 aromatic carbocycles. The summed E-state index contributed by atoms with van der Waals surface area (Å²) in [7, 11) is 12.8. The van der Waals surface area contributed by atoms with Crippen molar-refractivity contribution in [3.63, 3.8) is 0 Å². The number of urea groups is 3. The number of nitrogens with zero attached hydrogens (tertiary/aromatic N) is 13. The Morgan fingerprint density at radius 2 is 0.975 bits per heavy atom. The van der Waals surface area contributed by atoms with Gasteiger partial charge in [-0.05, 0) is 91.6 Å². The second-order valence-corrected chi connectivity index (χ2v) is 27.1. The van der Waals surface area contributed by atoms with Gasteiger partial charge >= 0.3 is 24.0 Å². The summed E-state index contributed by atoms with van der Waals surface area (Å²) in [5, 5.41) is 37.3. The minimum Gasteiger partial charge on any atom is -0.497 e. The van der Waals surface area contributed by atoms with Crippen LogP contribution < -0.4 is 94.3 Å². The van der Waals surface area contributed by atoms with Crippen LogP contribution >= 0.6 is 0 Å². The van der Waals surface area contributed by atoms with Gasteiger partial charge in [-0.15, -0.1) is 11.6 Å². The Labute approximate surface area is 689 Å². The number of hydrogen-bond acceptors (Lipinski definition) is 23. The van der Waals surface area contributed by atoms with E-state index in [1.54, 1.807) is 160 Å². The molecule has 0 saturated heterocycles. The standard InChI is InChI=1S/C31H35N7O4.C28H30N6O4.C27H30N6O6/c1-6-28(39)33-27-14-21(20-10-12-37(7-2)13-11-20)8-9-26(27)34-30-32-18-22-19-38(31(40)36(3)29(22)35-30)23-15-24(41-4)17-25(16-23)42-5;1-6-8-13-33-26-19(18-34(28(33)36)20-14-21(37-4)16-22(15-20)38-5)17-29-27(32(26)3)31-24-12-10-9-11-23(24)30-25(35)7-2;1-4-24(36)29-22-7-5-6-8-23(22)30-26-28-14-17-15-33(18-11-20(38-2)13-21(12-18)39-3)27(37)32(25(17)31-26)10-9-19(35)16-34/h6,8-10,14-18H,1,7,11-13,19H2,2-5H3,(H,33,39)(H,32,34,35);6-7,9-12,14-17H,1-2,8,13,18H2,3-5H3,(H,30,35);4-8,11-14,19,34-35H,1,9-10,15-16H2,2-3H3,(H,29,36)(H,28,30,31)/p+1. The minimum absolute atomic E-state index is 0.0909. The highest BCUT2D eigenvalue weighted by molar-refractivity contribution is 6.08. The van der Waals surface area contributed by atoms with Crippen LogP contribution in [0.25, 0.3) is 5.57 Å². The van der Waals surface area contributed by atoms with Gasteiger partial charge < -0.3 is 65.2 Å². The van der Waals surface area contributed by atoms with Crippen molar-refractivity contribution < 1.29 is 72.0 Å². The normalized spacial score (nSPS) is 13.7. The second kappa shape index (κ2) is 39.7. The zero-order valence-corrected chi connectivity index (χ0v) is 67.7. The topological polar surface area (TPSA) is 361 Å². The van der Waals surface area contributed by atoms with Gasteiger partial charge in [0, 0.05) is 105 Å². The lowest BCUT2D eigenvalue weighted by molar-refractivity contribution is -0.646. The summed E-state index contributed by atoms with van der Waals surface area (Å²) in [4.78, 5) is 112. The SMILES string of the molecule is C=CC(=O)Nc1cc(C2=CCN(CC)CC2)ccc1Nc1ncc2c(n1)N(C)C(=O)N(c1cc(OC)cc(OC)c1)C2.C=CC(=O)Nc1ccccc1Nc1ncc2c(n1)N(CCC(O)CO)C(=O)N(c1cc(OC)cc(OC)c1)C2.C=CCCN1C(=O)N(c2cc(OC)cc(OC)c2)Cc2cnc(Nc3ccccc3NC(=O)C=C)[n+](C)c21. The average Bonchev–Trinajstić information content (AvgIpc) is 0.751. The summed E-state index contributed by atoms with van der Waals surface area (Å²) in [6.45, 7) is 20.3. The van der Waals surface area contributed by atoms with E-state index in [1.165, 1.54) is 52.7 Å². The average molecular weight is 1620 g/mol. The summed E-state index contributed by atoms with van der Waals surface area (Å²) < 4.78 is 34.2. The van der Waals surface area contributed by atoms with Crippen molar-refractivity contribution in [2.75, 3.05) is 150 Å². The summed E-state index contributed by atoms with van der Waals surface area (Å²) >= 11 is 0. The van der Waals surface area contributed by atoms with Crippen LogP contribution in [-0.4, -0.2) is 171 Å². The van der Waals surface area contributed by atoms with Crippen LogP contribution in [0.5, 0.6) is 34.5 Å². The van der Waals surface area contributed by atoms with Gasteiger partial charge in [0.2, 0.25) is 35.4 Å². The van der Waals surface area contributed by atoms with Gasteiger partial charge in [-0.2, -0.15) is 9.97 Å². The first kappa shape index (κ1) is 85.4. The molecule has 4 aliphatic heterocycles. The number of carbonyl (C=O) groups is 6. The quantitative estimate of drug-likeness (QED) is 0.0118. The maximum Gasteiger partial charge on any atom is 0.372 e. The monoisotopic (exact) mass is 1620 g/mol. The molecule has 119 heavy (non-hydrogen) atoms. The van der Waals surface area contributed by atoms with Crippen LogP contribution in [0.15, 0.2) is 197 Å². The summed E-state index contributed by atoms with van der Waals surface area (Å²) in [6, 6.07) is 35.2. The van der Waals surface area contributed by atoms with Gasteiger partial charge in [-0.1, -0.05) is 69.1 Å². The number of rotatable bonds is 30. The van der Waals surface area contributed by atoms with Crippen molar-refractivity contribution in [3.8, 4) is 34.5 Å². The van der Waals surface area contributed by atoms with Crippen molar-refractivity contribution in [1.29, 1.82) is 0 Å². The predicted molar refractivity (Wildman–Crippen MR) is 459 cm³/mol. The molecule has 4 aliphatic rings. The fourth-order valence-electron chi connectivity index (χ4n) is 13.3. The molecule has 618 valence electrons. The molecule has 9 amide bonds. The molecular weight excluding hydrogens is 1520 g/mol. The molecule has 1 unspecified atom stereocenters. The largest absolute Gasteiger partial charge is 0.497 e. The number of hydrogen-bond donors (Lipinski definition) is 8. The van der Waals surface area contributed by atoms with Crippen molar-refractivity contribution in [3.05, 3.63) is 219 Å². The number of anilines is 15. The van der Waals surface area contributed by atoms with E-state index in [0.29, 0.717) is 140 Å². The second-order valence-electron chi connectivity index (χ2n) is 27.1. The Morgan fingerprint density at radius 1 is 0.538 bits per heavy atom. The first-order chi connectivity index (χ1) is 57.6. The number of amides is 9. The molecule has 0 bridgehead atoms. The summed E-state index contributed by atoms with van der Waals surface area (Å²) in [6.07, 6.45) is 13.3. The number of fused-ring (bicyclic) bond motifs is 3. The van der Waals surface area contributed by atoms with E-state index in [2.05, 4.69) is 101 Å². The van der Waals surface area contributed by atoms with Crippen LogP contribution in [0.3, 0.4) is 0 Å². The molecule has 7 heterocycles. The molecule has 3 aromatic heterocycles. The van der Waals surface area contributed by atoms with Crippen LogP contribution in [0.1, 0.15) is 48.4 Å². The molecule has 33 heteroatoms. The van der Waals surface area contributed by atoms with Gasteiger partial charge in [0.25, 0.3) is 0 Å². The number of aromatic nitrogens is 6. The zero-order valence-electron chi connectivity index (χ0n) is 67.7. The summed E-state index contributed by atoms with van der Waals surface area (Å²) in [5.41, 5.74) is 9.87. The molecule has 0 radical (unpaired) electrons. The van der Waals surface area contributed by atoms with E-state index < -0.39 is 12.7 Å². The number of benzene rings is 6. The van der Waals surface area contributed by atoms with Crippen LogP contribution in [0.2, 0.25) is 0 Å². The number of nitrogens with one attached hydrogen (secondary N) is 6. The number of likely N-dealkylation sites (N-methyl/N-ethyl adjacent to an activating group) is 1. The lowest BCUT2D eigenvalue weighted by atomic mass is 9.98. The van der Waals surface area contributed by atoms with E-state index >= 15 is 0 Å². The van der Waals surface area contributed by atoms with Gasteiger partial charge in [0.1, 0.15) is 51.8 Å². The molecule has 0 saturated carbocycles. The molecular formula is C86H96N19O14+. The third kappa shape index (κ3) is 20.4. The molecule has 0 fully saturated rings. The van der Waals surface area contributed by atoms with Gasteiger partial charge in [-0.3, -0.25) is 49.1 Å². The Kier molecular flexibility index (Phi) is 28.5. The van der Waals surface area contributed by atoms with Gasteiger partial charge in [0.15, 0.2) is 0 Å². The minimum atomic E-state index is -1.01. The van der Waals surface area contributed by atoms with Crippen molar-refractivity contribution in [2.45, 2.75) is 51.9 Å². The zero-order chi connectivity index (χ0) is 85.0. The highest BCUT2D eigenvalue weighted by Gasteiger charge is 2.40. The Balaban J connectivity index is 0.000000175. The number of carbonyl (C=O) groups excluding carboxylic acids is 6. The number of aliphatic hydroxyl groups excluding tert-OH is 2. The van der Waals surface area contributed by atoms with Gasteiger partial charge in [-0.25, -0.2) is 33.8 Å². The molecule has 13 rings (SSSR count).